The molecule has 664 valence electrons. The molecule has 0 amide bonds. The Morgan fingerprint density at radius 2 is 0.557 bits per heavy atom. The molecule has 0 radical (unpaired) electrons. The summed E-state index contributed by atoms with van der Waals surface area (Å²) >= 11 is 3.74. The summed E-state index contributed by atoms with van der Waals surface area (Å²) in [7, 11) is -12.8. The van der Waals surface area contributed by atoms with Gasteiger partial charge in [0.15, 0.2) is 0 Å². The zero-order chi connectivity index (χ0) is 91.0. The van der Waals surface area contributed by atoms with Crippen LogP contribution in [0.3, 0.4) is 0 Å². The van der Waals surface area contributed by atoms with E-state index in [4.69, 9.17) is 19.9 Å². The van der Waals surface area contributed by atoms with E-state index in [1.165, 1.54) is 113 Å². The number of rotatable bonds is 14. The number of pyridine rings is 4. The van der Waals surface area contributed by atoms with Crippen LogP contribution < -0.4 is 92.8 Å². The average Bonchev–Trinajstić information content (AvgIpc) is 1.08. The van der Waals surface area contributed by atoms with Gasteiger partial charge in [-0.3, -0.25) is 9.97 Å². The third kappa shape index (κ3) is 13.1. The molecule has 0 atom stereocenters. The van der Waals surface area contributed by atoms with E-state index >= 15 is 0 Å². The third-order valence-corrected chi connectivity index (χ3v) is 50.0. The third-order valence-electron chi connectivity index (χ3n) is 28.9. The summed E-state index contributed by atoms with van der Waals surface area (Å²) in [5, 5.41) is 31.9. The summed E-state index contributed by atoms with van der Waals surface area (Å²) in [6, 6.07) is 184. The van der Waals surface area contributed by atoms with Crippen molar-refractivity contribution in [3.05, 3.63) is 510 Å². The molecule has 0 saturated heterocycles. The van der Waals surface area contributed by atoms with Gasteiger partial charge in [0, 0.05) is 99.9 Å². The smallest absolute Gasteiger partial charge is 0.340 e. The van der Waals surface area contributed by atoms with Crippen LogP contribution in [-0.2, 0) is 42.1 Å². The molecule has 0 N–H and O–H groups in total. The largest absolute Gasteiger partial charge is 2.00 e. The van der Waals surface area contributed by atoms with Gasteiger partial charge in [-0.15, -0.1) is 90.6 Å². The second-order valence-corrected chi connectivity index (χ2v) is 52.9. The summed E-state index contributed by atoms with van der Waals surface area (Å²) in [6.07, 6.45) is 11.8. The molecule has 2 aliphatic rings. The number of para-hydroxylation sites is 2. The van der Waals surface area contributed by atoms with Crippen molar-refractivity contribution >= 4 is 267 Å². The Hall–Kier alpha value is -15.0. The van der Waals surface area contributed by atoms with Crippen molar-refractivity contribution in [1.82, 2.24) is 28.7 Å². The SMILES string of the molecule is [Pt+2].[Pt+2].[c-]1c([Si](c2[c-]c3c(cc2)c2ccccc2n2ccnc32)(c2ccccc2)c2ccccc2)ccc2c1N(c1ccccn1)c1cc3c(cc1[Si]2(c1ccccc1)c1ccccc1)sc1ccccc13.[c-]1c([Si](c2[c-]c3c(cc2)c2ccccc2n2ccnc32)(c2ccccc2)c2ccccc2)ccc2c1N(c1ccccn1)c1cc3sc4ccccc4c3cc1[Si]2(c1ccccc1)c1ccccc1. The molecule has 10 heterocycles. The Bertz CT molecular complexity index is 9090. The number of hydrogen-bond donors (Lipinski definition) is 0. The molecule has 16 heteroatoms. The standard InChI is InChI=1S/2C62H40N4SSi2.2Pt/c1-5-19-43(20-6-1)68(44-21-7-2-8-22-44,47-32-34-49-50-27-13-15-29-54(50)65-38-37-64-62(65)53(49)39-47)48-33-35-59-55(40-48)66(61-31-17-18-36-63-61)56-42-58-52(51-28-14-16-30-57(51)67-58)41-60(56)69(59,45-23-9-3-10-24-45)46-25-11-4-12-26-46;1-5-19-43(20-6-1)68(44-21-7-2-8-22-44,47-32-34-49-50-27-13-15-29-54(50)65-38-37-64-62(65)53(49)39-47)48-33-35-59-55(40-48)66(61-31-17-18-36-63-61)56-41-52-51-28-14-16-30-57(51)67-58(52)42-60(56)69(59,45-23-9-3-10-24-45)46-25-11-4-12-26-46;;/h2*1-38,41-42H;;/q2*-2;2*+2. The Labute approximate surface area is 850 Å². The van der Waals surface area contributed by atoms with Crippen LogP contribution in [0.4, 0.5) is 34.4 Å². The average molecular weight is 2250 g/mol. The minimum absolute atomic E-state index is 0. The quantitative estimate of drug-likeness (QED) is 0.0468. The fraction of sp³-hybridized carbons (Fsp3) is 0. The van der Waals surface area contributed by atoms with Crippen molar-refractivity contribution in [1.29, 1.82) is 0 Å². The zero-order valence-electron chi connectivity index (χ0n) is 75.2. The molecule has 8 aromatic heterocycles. The number of nitrogens with zero attached hydrogens (tertiary/aromatic N) is 8. The maximum Gasteiger partial charge on any atom is 2.00 e. The van der Waals surface area contributed by atoms with Gasteiger partial charge >= 0.3 is 42.1 Å². The Balaban J connectivity index is 0.000000146. The maximum absolute atomic E-state index is 5.19. The van der Waals surface area contributed by atoms with Gasteiger partial charge in [-0.2, -0.15) is 46.8 Å². The summed E-state index contributed by atoms with van der Waals surface area (Å²) in [4.78, 5) is 25.2. The molecule has 8 nitrogen and oxygen atoms in total. The Kier molecular flexibility index (Phi) is 21.7. The molecule has 18 aromatic carbocycles. The first-order chi connectivity index (χ1) is 68.4. The summed E-state index contributed by atoms with van der Waals surface area (Å²) in [5.74, 6) is 1.71. The second kappa shape index (κ2) is 35.1. The summed E-state index contributed by atoms with van der Waals surface area (Å²) < 4.78 is 9.53. The number of aromatic nitrogens is 6. The molecular formula is C124H80N8Pt2S2Si4. The van der Waals surface area contributed by atoms with Crippen molar-refractivity contribution in [3.63, 3.8) is 0 Å². The van der Waals surface area contributed by atoms with Crippen LogP contribution in [0, 0.1) is 24.3 Å². The van der Waals surface area contributed by atoms with Gasteiger partial charge in [0.2, 0.25) is 0 Å². The van der Waals surface area contributed by atoms with Crippen LogP contribution in [-0.4, -0.2) is 61.0 Å². The van der Waals surface area contributed by atoms with E-state index in [0.717, 1.165) is 99.0 Å². The van der Waals surface area contributed by atoms with Crippen LogP contribution in [0.5, 0.6) is 0 Å². The predicted molar refractivity (Wildman–Crippen MR) is 588 cm³/mol. The normalized spacial score (nSPS) is 13.1. The van der Waals surface area contributed by atoms with Crippen molar-refractivity contribution < 1.29 is 42.1 Å². The molecule has 0 spiro atoms. The van der Waals surface area contributed by atoms with Crippen LogP contribution >= 0.6 is 22.7 Å². The molecule has 26 aromatic rings. The van der Waals surface area contributed by atoms with Gasteiger partial charge in [-0.1, -0.05) is 377 Å². The van der Waals surface area contributed by atoms with Crippen LogP contribution in [0.25, 0.3) is 95.0 Å². The molecule has 0 unspecified atom stereocenters. The monoisotopic (exact) mass is 2250 g/mol. The van der Waals surface area contributed by atoms with Crippen LogP contribution in [0.2, 0.25) is 0 Å². The van der Waals surface area contributed by atoms with E-state index in [1.54, 1.807) is 0 Å². The molecule has 0 bridgehead atoms. The molecule has 2 aliphatic heterocycles. The first-order valence-corrected chi connectivity index (χ1v) is 56.4. The maximum atomic E-state index is 5.19. The van der Waals surface area contributed by atoms with Crippen molar-refractivity contribution in [2.24, 2.45) is 0 Å². The van der Waals surface area contributed by atoms with Crippen molar-refractivity contribution in [2.45, 2.75) is 0 Å². The van der Waals surface area contributed by atoms with E-state index in [0.29, 0.717) is 0 Å². The predicted octanol–water partition coefficient (Wildman–Crippen LogP) is 19.1. The number of anilines is 6. The van der Waals surface area contributed by atoms with E-state index in [9.17, 15) is 0 Å². The van der Waals surface area contributed by atoms with Gasteiger partial charge < -0.3 is 18.6 Å². The van der Waals surface area contributed by atoms with Crippen molar-refractivity contribution in [3.8, 4) is 0 Å². The van der Waals surface area contributed by atoms with Crippen molar-refractivity contribution in [2.75, 3.05) is 9.80 Å². The number of imidazole rings is 2. The van der Waals surface area contributed by atoms with E-state index in [-0.39, 0.29) is 42.1 Å². The first kappa shape index (κ1) is 86.5. The molecule has 0 saturated carbocycles. The molecule has 0 aliphatic carbocycles. The van der Waals surface area contributed by atoms with Crippen LogP contribution in [0.1, 0.15) is 0 Å². The number of benzene rings is 18. The fourth-order valence-electron chi connectivity index (χ4n) is 23.2. The van der Waals surface area contributed by atoms with Crippen LogP contribution in [0.15, 0.2) is 486 Å². The zero-order valence-corrected chi connectivity index (χ0v) is 85.4. The molecular weight excluding hydrogens is 2170 g/mol. The van der Waals surface area contributed by atoms with Gasteiger partial charge in [0.25, 0.3) is 0 Å². The fourth-order valence-corrected chi connectivity index (χ4v) is 44.7. The first-order valence-electron chi connectivity index (χ1n) is 46.8. The Morgan fingerprint density at radius 1 is 0.236 bits per heavy atom. The second-order valence-electron chi connectivity index (χ2n) is 35.8. The topological polar surface area (TPSA) is 66.9 Å². The van der Waals surface area contributed by atoms with Gasteiger partial charge in [-0.25, -0.2) is 9.97 Å². The minimum Gasteiger partial charge on any atom is -0.340 e. The van der Waals surface area contributed by atoms with Gasteiger partial charge in [-0.05, 0) is 109 Å². The summed E-state index contributed by atoms with van der Waals surface area (Å²) in [5.41, 5.74) is 8.40. The Morgan fingerprint density at radius 3 is 0.950 bits per heavy atom. The number of hydrogen-bond acceptors (Lipinski definition) is 8. The molecule has 0 fully saturated rings. The van der Waals surface area contributed by atoms with Gasteiger partial charge in [0.1, 0.15) is 43.9 Å². The number of fused-ring (bicyclic) bond motifs is 22. The molecule has 28 rings (SSSR count). The minimum atomic E-state index is -3.29. The summed E-state index contributed by atoms with van der Waals surface area (Å²) in [6.45, 7) is 0. The molecule has 140 heavy (non-hydrogen) atoms. The van der Waals surface area contributed by atoms with Gasteiger partial charge in [0.05, 0.1) is 11.3 Å². The van der Waals surface area contributed by atoms with E-state index < -0.39 is 32.3 Å². The van der Waals surface area contributed by atoms with E-state index in [2.05, 4.69) is 492 Å². The van der Waals surface area contributed by atoms with E-state index in [1.807, 2.05) is 59.6 Å². The number of thiophene rings is 2.